The van der Waals surface area contributed by atoms with E-state index < -0.39 is 33.8 Å². The number of anilines is 1. The van der Waals surface area contributed by atoms with Crippen LogP contribution in [0.25, 0.3) is 5.65 Å². The van der Waals surface area contributed by atoms with E-state index in [4.69, 9.17) is 4.74 Å². The molecule has 1 aromatic carbocycles. The summed E-state index contributed by atoms with van der Waals surface area (Å²) in [6.45, 7) is 1.87. The minimum Gasteiger partial charge on any atom is -0.482 e. The van der Waals surface area contributed by atoms with Crippen LogP contribution in [0.3, 0.4) is 0 Å². The lowest BCUT2D eigenvalue weighted by Gasteiger charge is -2.37. The average Bonchev–Trinajstić information content (AvgIpc) is 3.36. The Morgan fingerprint density at radius 1 is 1.18 bits per heavy atom. The van der Waals surface area contributed by atoms with Gasteiger partial charge in [-0.2, -0.15) is 9.40 Å². The molecule has 2 aliphatic heterocycles. The molecule has 1 fully saturated rings. The Kier molecular flexibility index (Phi) is 7.12. The molecule has 0 spiro atoms. The second-order valence-corrected chi connectivity index (χ2v) is 11.4. The molecule has 4 amide bonds. The molecule has 0 saturated carbocycles. The van der Waals surface area contributed by atoms with Crippen molar-refractivity contribution < 1.29 is 32.3 Å². The zero-order valence-corrected chi connectivity index (χ0v) is 22.3. The van der Waals surface area contributed by atoms with Gasteiger partial charge in [-0.25, -0.2) is 17.9 Å². The van der Waals surface area contributed by atoms with Crippen LogP contribution in [-0.2, 0) is 26.2 Å². The third kappa shape index (κ3) is 5.72. The van der Waals surface area contributed by atoms with E-state index in [1.54, 1.807) is 18.2 Å². The van der Waals surface area contributed by atoms with Gasteiger partial charge in [0.2, 0.25) is 15.9 Å². The molecular weight excluding hydrogens is 544 g/mol. The number of nitrogens with one attached hydrogen (secondary N) is 4. The van der Waals surface area contributed by atoms with Crippen molar-refractivity contribution >= 4 is 45.0 Å². The maximum absolute atomic E-state index is 13.1. The third-order valence-corrected chi connectivity index (χ3v) is 7.60. The van der Waals surface area contributed by atoms with E-state index in [1.807, 2.05) is 0 Å². The van der Waals surface area contributed by atoms with E-state index in [1.165, 1.54) is 34.1 Å². The maximum atomic E-state index is 13.1. The highest BCUT2D eigenvalue weighted by Gasteiger charge is 2.35. The van der Waals surface area contributed by atoms with Crippen LogP contribution in [0.1, 0.15) is 33.5 Å². The fourth-order valence-corrected chi connectivity index (χ4v) is 5.07. The zero-order valence-electron chi connectivity index (χ0n) is 21.5. The molecule has 4 N–H and O–H groups in total. The number of benzene rings is 1. The van der Waals surface area contributed by atoms with Crippen LogP contribution in [0.4, 0.5) is 5.69 Å². The van der Waals surface area contributed by atoms with Crippen molar-refractivity contribution in [2.24, 2.45) is 0 Å². The number of rotatable bonds is 8. The summed E-state index contributed by atoms with van der Waals surface area (Å²) in [5.41, 5.74) is 1.40. The SMILES string of the molecule is C[C@H](NC(=O)c1cc(C(=O)NCc2ccc3c(c2)NC(=O)CO3)nc2ccnn12)C(=O)NC1CN(S(C)(=O)=O)C1. The summed E-state index contributed by atoms with van der Waals surface area (Å²) in [6.07, 6.45) is 2.52. The van der Waals surface area contributed by atoms with E-state index >= 15 is 0 Å². The highest BCUT2D eigenvalue weighted by Crippen LogP contribution is 2.28. The maximum Gasteiger partial charge on any atom is 0.270 e. The molecule has 210 valence electrons. The van der Waals surface area contributed by atoms with E-state index in [2.05, 4.69) is 31.3 Å². The average molecular weight is 571 g/mol. The molecule has 2 aliphatic rings. The molecule has 5 rings (SSSR count). The molecule has 2 aromatic heterocycles. The Bertz CT molecular complexity index is 1630. The highest BCUT2D eigenvalue weighted by molar-refractivity contribution is 7.88. The van der Waals surface area contributed by atoms with Crippen LogP contribution in [-0.4, -0.2) is 89.0 Å². The summed E-state index contributed by atoms with van der Waals surface area (Å²) in [5, 5.41) is 14.8. The normalized spacial score (nSPS) is 16.2. The number of fused-ring (bicyclic) bond motifs is 2. The van der Waals surface area contributed by atoms with E-state index in [0.717, 1.165) is 6.26 Å². The van der Waals surface area contributed by atoms with Crippen molar-refractivity contribution in [1.29, 1.82) is 0 Å². The topological polar surface area (TPSA) is 193 Å². The minimum atomic E-state index is -3.32. The van der Waals surface area contributed by atoms with Crippen LogP contribution in [0.2, 0.25) is 0 Å². The summed E-state index contributed by atoms with van der Waals surface area (Å²) in [5.74, 6) is -1.44. The largest absolute Gasteiger partial charge is 0.482 e. The van der Waals surface area contributed by atoms with Gasteiger partial charge in [-0.1, -0.05) is 6.07 Å². The van der Waals surface area contributed by atoms with Gasteiger partial charge in [-0.05, 0) is 24.6 Å². The highest BCUT2D eigenvalue weighted by atomic mass is 32.2. The molecule has 0 unspecified atom stereocenters. The summed E-state index contributed by atoms with van der Waals surface area (Å²) >= 11 is 0. The number of sulfonamides is 1. The number of carbonyl (C=O) groups excluding carboxylic acids is 4. The Morgan fingerprint density at radius 2 is 1.95 bits per heavy atom. The molecule has 0 bridgehead atoms. The Balaban J connectivity index is 1.23. The van der Waals surface area contributed by atoms with Crippen LogP contribution < -0.4 is 26.0 Å². The summed E-state index contributed by atoms with van der Waals surface area (Å²) < 4.78 is 30.8. The Labute approximate surface area is 228 Å². The number of hydrogen-bond donors (Lipinski definition) is 4. The van der Waals surface area contributed by atoms with Gasteiger partial charge < -0.3 is 26.0 Å². The number of carbonyl (C=O) groups is 4. The number of amides is 4. The van der Waals surface area contributed by atoms with E-state index in [0.29, 0.717) is 17.0 Å². The van der Waals surface area contributed by atoms with Gasteiger partial charge in [0.1, 0.15) is 23.2 Å². The second-order valence-electron chi connectivity index (χ2n) is 9.46. The number of ether oxygens (including phenoxy) is 1. The zero-order chi connectivity index (χ0) is 28.6. The molecule has 4 heterocycles. The summed E-state index contributed by atoms with van der Waals surface area (Å²) in [4.78, 5) is 54.4. The van der Waals surface area contributed by atoms with Crippen molar-refractivity contribution in [3.63, 3.8) is 0 Å². The van der Waals surface area contributed by atoms with E-state index in [9.17, 15) is 27.6 Å². The molecule has 15 nitrogen and oxygen atoms in total. The summed E-state index contributed by atoms with van der Waals surface area (Å²) in [7, 11) is -3.32. The second kappa shape index (κ2) is 10.5. The first-order chi connectivity index (χ1) is 19.0. The third-order valence-electron chi connectivity index (χ3n) is 6.36. The molecule has 1 atom stereocenters. The van der Waals surface area contributed by atoms with Gasteiger partial charge in [-0.3, -0.25) is 19.2 Å². The fraction of sp³-hybridized carbons (Fsp3) is 0.333. The molecule has 1 saturated heterocycles. The van der Waals surface area contributed by atoms with Crippen LogP contribution in [0.5, 0.6) is 5.75 Å². The smallest absolute Gasteiger partial charge is 0.270 e. The quantitative estimate of drug-likeness (QED) is 0.259. The molecular formula is C24H26N8O7S. The first-order valence-electron chi connectivity index (χ1n) is 12.2. The lowest BCUT2D eigenvalue weighted by molar-refractivity contribution is -0.124. The van der Waals surface area contributed by atoms with Gasteiger partial charge in [-0.15, -0.1) is 0 Å². The van der Waals surface area contributed by atoms with Crippen LogP contribution >= 0.6 is 0 Å². The van der Waals surface area contributed by atoms with Gasteiger partial charge >= 0.3 is 0 Å². The van der Waals surface area contributed by atoms with Gasteiger partial charge in [0.05, 0.1) is 24.2 Å². The van der Waals surface area contributed by atoms with Gasteiger partial charge in [0.15, 0.2) is 12.3 Å². The van der Waals surface area contributed by atoms with Crippen LogP contribution in [0, 0.1) is 0 Å². The lowest BCUT2D eigenvalue weighted by atomic mass is 10.1. The number of nitrogens with zero attached hydrogens (tertiary/aromatic N) is 4. The molecule has 0 aliphatic carbocycles. The molecule has 3 aromatic rings. The van der Waals surface area contributed by atoms with E-state index in [-0.39, 0.29) is 55.2 Å². The van der Waals surface area contributed by atoms with Crippen molar-refractivity contribution in [3.05, 3.63) is 53.5 Å². The van der Waals surface area contributed by atoms with Crippen molar-refractivity contribution in [1.82, 2.24) is 34.9 Å². The van der Waals surface area contributed by atoms with Gasteiger partial charge in [0.25, 0.3) is 17.7 Å². The van der Waals surface area contributed by atoms with Crippen molar-refractivity contribution in [2.75, 3.05) is 31.3 Å². The predicted molar refractivity (Wildman–Crippen MR) is 140 cm³/mol. The molecule has 16 heteroatoms. The molecule has 0 radical (unpaired) electrons. The Hall–Kier alpha value is -4.57. The minimum absolute atomic E-state index is 0.0136. The van der Waals surface area contributed by atoms with Crippen LogP contribution in [0.15, 0.2) is 36.5 Å². The fourth-order valence-electron chi connectivity index (χ4n) is 4.17. The van der Waals surface area contributed by atoms with Gasteiger partial charge in [0, 0.05) is 31.8 Å². The monoisotopic (exact) mass is 570 g/mol. The number of hydrogen-bond acceptors (Lipinski definition) is 9. The first kappa shape index (κ1) is 27.0. The van der Waals surface area contributed by atoms with Crippen molar-refractivity contribution in [3.8, 4) is 5.75 Å². The number of aromatic nitrogens is 3. The first-order valence-corrected chi connectivity index (χ1v) is 14.1. The molecule has 40 heavy (non-hydrogen) atoms. The Morgan fingerprint density at radius 3 is 2.70 bits per heavy atom. The van der Waals surface area contributed by atoms with Crippen molar-refractivity contribution in [2.45, 2.75) is 25.6 Å². The lowest BCUT2D eigenvalue weighted by Crippen LogP contribution is -2.62. The summed E-state index contributed by atoms with van der Waals surface area (Å²) in [6, 6.07) is 6.62. The predicted octanol–water partition coefficient (Wildman–Crippen LogP) is -1.13. The standard InChI is InChI=1S/C24H26N8O7S/c1-13(22(34)28-15-10-31(11-15)40(2,37)38)27-24(36)18-8-17(29-20-5-6-26-32(18)20)23(35)25-9-14-3-4-19-16(7-14)30-21(33)12-39-19/h3-8,13,15H,9-12H2,1-2H3,(H,25,35)(H,27,36)(H,28,34)(H,30,33)/t13-/m0/s1.